The zero-order chi connectivity index (χ0) is 31.1. The number of fused-ring (bicyclic) bond motifs is 1. The molecule has 1 aromatic heterocycles. The molecule has 12 nitrogen and oxygen atoms in total. The Labute approximate surface area is 250 Å². The van der Waals surface area contributed by atoms with E-state index >= 15 is 0 Å². The van der Waals surface area contributed by atoms with Crippen molar-refractivity contribution in [1.82, 2.24) is 30.7 Å². The van der Waals surface area contributed by atoms with Crippen LogP contribution in [0.5, 0.6) is 0 Å². The minimum atomic E-state index is -1.04. The summed E-state index contributed by atoms with van der Waals surface area (Å²) in [5.74, 6) is -2.52. The number of hydrogen-bond donors (Lipinski definition) is 5. The molecule has 2 aromatic carbocycles. The van der Waals surface area contributed by atoms with Gasteiger partial charge in [0.25, 0.3) is 0 Å². The standard InChI is InChI=1S/C31H39N7O5/c1-19(32)30(42)38-14-13-33-29(41)25(15-21-9-5-4-6-10-21)36-28(40)20(2)37(3)31(43)26(35-27(39)18-38)16-22-17-34-24-12-8-7-11-23(22)24/h4-12,17,19-20,25-26,34H,13-16,18,32H2,1-3H3,(H,33,41)(H,35,39)(H,36,40)/t19-,20-,25-,26-/m0/s1. The van der Waals surface area contributed by atoms with Gasteiger partial charge < -0.3 is 36.5 Å². The number of likely N-dealkylation sites (N-methyl/N-ethyl adjacent to an activating group) is 1. The van der Waals surface area contributed by atoms with Gasteiger partial charge in [0.05, 0.1) is 12.6 Å². The van der Waals surface area contributed by atoms with E-state index in [4.69, 9.17) is 5.73 Å². The third kappa shape index (κ3) is 7.77. The smallest absolute Gasteiger partial charge is 0.245 e. The maximum absolute atomic E-state index is 13.8. The molecule has 12 heteroatoms. The number of carbonyl (C=O) groups excluding carboxylic acids is 5. The van der Waals surface area contributed by atoms with Gasteiger partial charge in [-0.25, -0.2) is 0 Å². The van der Waals surface area contributed by atoms with Crippen molar-refractivity contribution in [3.63, 3.8) is 0 Å². The molecule has 6 N–H and O–H groups in total. The fraction of sp³-hybridized carbons (Fsp3) is 0.387. The van der Waals surface area contributed by atoms with Gasteiger partial charge in [-0.05, 0) is 31.0 Å². The molecule has 0 saturated carbocycles. The highest BCUT2D eigenvalue weighted by molar-refractivity contribution is 5.95. The number of rotatable bonds is 5. The first-order valence-electron chi connectivity index (χ1n) is 14.3. The van der Waals surface area contributed by atoms with Crippen LogP contribution in [-0.4, -0.2) is 95.2 Å². The van der Waals surface area contributed by atoms with E-state index in [0.717, 1.165) is 22.0 Å². The first kappa shape index (κ1) is 31.2. The van der Waals surface area contributed by atoms with Crippen molar-refractivity contribution in [1.29, 1.82) is 0 Å². The molecule has 4 rings (SSSR count). The third-order valence-electron chi connectivity index (χ3n) is 7.67. The van der Waals surface area contributed by atoms with Crippen molar-refractivity contribution in [2.45, 2.75) is 50.9 Å². The topological polar surface area (TPSA) is 170 Å². The summed E-state index contributed by atoms with van der Waals surface area (Å²) in [5.41, 5.74) is 8.37. The van der Waals surface area contributed by atoms with E-state index in [-0.39, 0.29) is 32.5 Å². The summed E-state index contributed by atoms with van der Waals surface area (Å²) in [6.45, 7) is 2.75. The summed E-state index contributed by atoms with van der Waals surface area (Å²) < 4.78 is 0. The highest BCUT2D eigenvalue weighted by Crippen LogP contribution is 2.20. The molecule has 1 saturated heterocycles. The van der Waals surface area contributed by atoms with Gasteiger partial charge in [0.15, 0.2) is 0 Å². The largest absolute Gasteiger partial charge is 0.361 e. The van der Waals surface area contributed by atoms with Gasteiger partial charge >= 0.3 is 0 Å². The molecular formula is C31H39N7O5. The summed E-state index contributed by atoms with van der Waals surface area (Å²) in [7, 11) is 1.48. The predicted molar refractivity (Wildman–Crippen MR) is 161 cm³/mol. The number of hydrogen-bond acceptors (Lipinski definition) is 6. The van der Waals surface area contributed by atoms with Gasteiger partial charge in [-0.15, -0.1) is 0 Å². The quantitative estimate of drug-likeness (QED) is 0.282. The zero-order valence-electron chi connectivity index (χ0n) is 24.6. The SMILES string of the molecule is C[C@H](N)C(=O)N1CCNC(=O)[C@H](Cc2ccccc2)NC(=O)[C@H](C)N(C)C(=O)[C@H](Cc2c[nH]c3ccccc23)NC(=O)C1. The van der Waals surface area contributed by atoms with Crippen molar-refractivity contribution in [3.05, 3.63) is 71.9 Å². The molecule has 0 bridgehead atoms. The average molecular weight is 590 g/mol. The molecule has 0 unspecified atom stereocenters. The Morgan fingerprint density at radius 3 is 2.37 bits per heavy atom. The molecule has 43 heavy (non-hydrogen) atoms. The lowest BCUT2D eigenvalue weighted by molar-refractivity contribution is -0.142. The van der Waals surface area contributed by atoms with Gasteiger partial charge in [-0.3, -0.25) is 24.0 Å². The van der Waals surface area contributed by atoms with Crippen LogP contribution in [0.3, 0.4) is 0 Å². The number of carbonyl (C=O) groups is 5. The monoisotopic (exact) mass is 589 g/mol. The summed E-state index contributed by atoms with van der Waals surface area (Å²) >= 11 is 0. The highest BCUT2D eigenvalue weighted by Gasteiger charge is 2.33. The van der Waals surface area contributed by atoms with Gasteiger partial charge in [0, 0.05) is 50.1 Å². The zero-order valence-corrected chi connectivity index (χ0v) is 24.6. The molecule has 3 aromatic rings. The minimum Gasteiger partial charge on any atom is -0.361 e. The van der Waals surface area contributed by atoms with E-state index in [1.165, 1.54) is 23.8 Å². The number of H-pyrrole nitrogens is 1. The summed E-state index contributed by atoms with van der Waals surface area (Å²) in [4.78, 5) is 72.4. The van der Waals surface area contributed by atoms with Gasteiger partial charge in [-0.1, -0.05) is 48.5 Å². The number of nitrogens with one attached hydrogen (secondary N) is 4. The molecule has 2 heterocycles. The van der Waals surface area contributed by atoms with Crippen LogP contribution in [0, 0.1) is 0 Å². The van der Waals surface area contributed by atoms with Crippen molar-refractivity contribution < 1.29 is 24.0 Å². The molecular weight excluding hydrogens is 550 g/mol. The van der Waals surface area contributed by atoms with Crippen LogP contribution in [0.2, 0.25) is 0 Å². The van der Waals surface area contributed by atoms with E-state index < -0.39 is 53.7 Å². The van der Waals surface area contributed by atoms with Crippen molar-refractivity contribution in [2.75, 3.05) is 26.7 Å². The molecule has 1 aliphatic heterocycles. The van der Waals surface area contributed by atoms with Crippen LogP contribution in [0.4, 0.5) is 0 Å². The van der Waals surface area contributed by atoms with Gasteiger partial charge in [0.1, 0.15) is 18.1 Å². The number of nitrogens with zero attached hydrogens (tertiary/aromatic N) is 2. The van der Waals surface area contributed by atoms with Crippen LogP contribution in [0.1, 0.15) is 25.0 Å². The van der Waals surface area contributed by atoms with Crippen LogP contribution in [0.25, 0.3) is 10.9 Å². The van der Waals surface area contributed by atoms with E-state index in [1.807, 2.05) is 54.6 Å². The lowest BCUT2D eigenvalue weighted by Crippen LogP contribution is -2.57. The lowest BCUT2D eigenvalue weighted by Gasteiger charge is -2.30. The average Bonchev–Trinajstić information content (AvgIpc) is 3.40. The Kier molecular flexibility index (Phi) is 10.1. The minimum absolute atomic E-state index is 0.00288. The Morgan fingerprint density at radius 2 is 1.65 bits per heavy atom. The highest BCUT2D eigenvalue weighted by atomic mass is 16.2. The number of nitrogens with two attached hydrogens (primary N) is 1. The Hall–Kier alpha value is -4.71. The molecule has 228 valence electrons. The van der Waals surface area contributed by atoms with Crippen molar-refractivity contribution >= 4 is 40.4 Å². The first-order chi connectivity index (χ1) is 20.5. The molecule has 1 fully saturated rings. The number of benzene rings is 2. The summed E-state index contributed by atoms with van der Waals surface area (Å²) in [5, 5.41) is 9.24. The van der Waals surface area contributed by atoms with E-state index in [0.29, 0.717) is 0 Å². The van der Waals surface area contributed by atoms with E-state index in [9.17, 15) is 24.0 Å². The fourth-order valence-electron chi connectivity index (χ4n) is 5.09. The van der Waals surface area contributed by atoms with Crippen LogP contribution in [-0.2, 0) is 36.8 Å². The Bertz CT molecular complexity index is 1470. The second-order valence-electron chi connectivity index (χ2n) is 10.9. The predicted octanol–water partition coefficient (Wildman–Crippen LogP) is 0.0752. The number of para-hydroxylation sites is 1. The Morgan fingerprint density at radius 1 is 0.953 bits per heavy atom. The molecule has 0 radical (unpaired) electrons. The van der Waals surface area contributed by atoms with E-state index in [1.54, 1.807) is 13.1 Å². The van der Waals surface area contributed by atoms with Crippen LogP contribution >= 0.6 is 0 Å². The normalized spacial score (nSPS) is 21.8. The molecule has 4 atom stereocenters. The molecule has 0 spiro atoms. The second-order valence-corrected chi connectivity index (χ2v) is 10.9. The maximum Gasteiger partial charge on any atom is 0.245 e. The first-order valence-corrected chi connectivity index (χ1v) is 14.3. The lowest BCUT2D eigenvalue weighted by atomic mass is 10.0. The van der Waals surface area contributed by atoms with E-state index in [2.05, 4.69) is 20.9 Å². The second kappa shape index (κ2) is 14.0. The van der Waals surface area contributed by atoms with Crippen LogP contribution < -0.4 is 21.7 Å². The van der Waals surface area contributed by atoms with Gasteiger partial charge in [0.2, 0.25) is 29.5 Å². The third-order valence-corrected chi connectivity index (χ3v) is 7.67. The maximum atomic E-state index is 13.8. The summed E-state index contributed by atoms with van der Waals surface area (Å²) in [6.07, 6.45) is 2.15. The molecule has 1 aliphatic rings. The number of amides is 5. The van der Waals surface area contributed by atoms with Gasteiger partial charge in [-0.2, -0.15) is 0 Å². The number of aromatic amines is 1. The van der Waals surface area contributed by atoms with Crippen molar-refractivity contribution in [2.24, 2.45) is 5.73 Å². The van der Waals surface area contributed by atoms with Crippen LogP contribution in [0.15, 0.2) is 60.8 Å². The Balaban J connectivity index is 1.66. The molecule has 5 amide bonds. The molecule has 0 aliphatic carbocycles. The fourth-order valence-corrected chi connectivity index (χ4v) is 5.09. The van der Waals surface area contributed by atoms with Crippen molar-refractivity contribution in [3.8, 4) is 0 Å². The number of aromatic nitrogens is 1. The summed E-state index contributed by atoms with van der Waals surface area (Å²) in [6, 6.07) is 13.0.